The number of rotatable bonds is 7. The first-order chi connectivity index (χ1) is 16.5. The molecule has 0 saturated heterocycles. The van der Waals surface area contributed by atoms with Crippen molar-refractivity contribution in [1.82, 2.24) is 0 Å². The molecule has 0 aliphatic heterocycles. The maximum absolute atomic E-state index is 12.6. The highest BCUT2D eigenvalue weighted by molar-refractivity contribution is 6.07. The molecule has 4 rings (SSSR count). The third-order valence-corrected chi connectivity index (χ3v) is 5.09. The molecule has 4 aromatic carbocycles. The summed E-state index contributed by atoms with van der Waals surface area (Å²) in [6, 6.07) is 29.2. The van der Waals surface area contributed by atoms with Gasteiger partial charge >= 0.3 is 5.97 Å². The first-order valence-corrected chi connectivity index (χ1v) is 10.4. The van der Waals surface area contributed by atoms with Gasteiger partial charge in [-0.3, -0.25) is 14.9 Å². The molecule has 0 bridgehead atoms. The Kier molecular flexibility index (Phi) is 6.70. The molecule has 0 radical (unpaired) electrons. The van der Waals surface area contributed by atoms with E-state index in [0.717, 1.165) is 11.1 Å². The quantitative estimate of drug-likeness (QED) is 0.0816. The van der Waals surface area contributed by atoms with E-state index in [1.807, 2.05) is 42.5 Å². The van der Waals surface area contributed by atoms with Gasteiger partial charge in [0.2, 0.25) is 0 Å². The summed E-state index contributed by atoms with van der Waals surface area (Å²) in [5, 5.41) is 10.7. The molecule has 166 valence electrons. The summed E-state index contributed by atoms with van der Waals surface area (Å²) >= 11 is 0. The summed E-state index contributed by atoms with van der Waals surface area (Å²) in [6.45, 7) is 0. The van der Waals surface area contributed by atoms with Gasteiger partial charge in [-0.1, -0.05) is 72.8 Å². The van der Waals surface area contributed by atoms with E-state index in [1.54, 1.807) is 42.5 Å². The van der Waals surface area contributed by atoms with Crippen LogP contribution in [0, 0.1) is 10.1 Å². The molecule has 34 heavy (non-hydrogen) atoms. The standard InChI is InChI=1S/C28H19NO5/c30-27(23-12-10-22(11-13-23)21-6-2-1-3-7-21)18-9-20-5-4-8-26(19-20)34-28(31)24-14-16-25(17-15-24)29(32)33/h1-19H. The second-order valence-corrected chi connectivity index (χ2v) is 7.41. The van der Waals surface area contributed by atoms with Crippen LogP contribution < -0.4 is 4.74 Å². The molecule has 0 unspecified atom stereocenters. The minimum atomic E-state index is -0.634. The summed E-state index contributed by atoms with van der Waals surface area (Å²) in [5.74, 6) is -0.483. The SMILES string of the molecule is O=C(C=Cc1cccc(OC(=O)c2ccc([N+](=O)[O-])cc2)c1)c1ccc(-c2ccccc2)cc1. The Morgan fingerprint density at radius 3 is 2.06 bits per heavy atom. The van der Waals surface area contributed by atoms with Gasteiger partial charge in [-0.25, -0.2) is 4.79 Å². The van der Waals surface area contributed by atoms with Gasteiger partial charge in [-0.15, -0.1) is 0 Å². The molecular formula is C28H19NO5. The van der Waals surface area contributed by atoms with Crippen molar-refractivity contribution in [2.45, 2.75) is 0 Å². The lowest BCUT2D eigenvalue weighted by molar-refractivity contribution is -0.384. The predicted molar refractivity (Wildman–Crippen MR) is 130 cm³/mol. The highest BCUT2D eigenvalue weighted by Gasteiger charge is 2.12. The number of ether oxygens (including phenoxy) is 1. The monoisotopic (exact) mass is 449 g/mol. The maximum atomic E-state index is 12.6. The minimum absolute atomic E-state index is 0.108. The highest BCUT2D eigenvalue weighted by atomic mass is 16.6. The van der Waals surface area contributed by atoms with Crippen LogP contribution in [0.5, 0.6) is 5.75 Å². The van der Waals surface area contributed by atoms with E-state index in [2.05, 4.69) is 0 Å². The van der Waals surface area contributed by atoms with E-state index in [1.165, 1.54) is 30.3 Å². The molecule has 0 spiro atoms. The molecule has 0 N–H and O–H groups in total. The van der Waals surface area contributed by atoms with Crippen molar-refractivity contribution in [3.8, 4) is 16.9 Å². The Morgan fingerprint density at radius 2 is 1.38 bits per heavy atom. The lowest BCUT2D eigenvalue weighted by Crippen LogP contribution is -2.08. The molecule has 0 aromatic heterocycles. The average molecular weight is 449 g/mol. The van der Waals surface area contributed by atoms with Crippen LogP contribution in [0.4, 0.5) is 5.69 Å². The van der Waals surface area contributed by atoms with E-state index in [9.17, 15) is 19.7 Å². The van der Waals surface area contributed by atoms with Crippen LogP contribution in [-0.4, -0.2) is 16.7 Å². The zero-order valence-corrected chi connectivity index (χ0v) is 18.0. The maximum Gasteiger partial charge on any atom is 0.343 e. The predicted octanol–water partition coefficient (Wildman–Crippen LogP) is 6.38. The number of nitro benzene ring substituents is 1. The largest absolute Gasteiger partial charge is 0.423 e. The van der Waals surface area contributed by atoms with Crippen LogP contribution in [0.25, 0.3) is 17.2 Å². The minimum Gasteiger partial charge on any atom is -0.423 e. The molecule has 6 nitrogen and oxygen atoms in total. The van der Waals surface area contributed by atoms with Gasteiger partial charge in [0.05, 0.1) is 10.5 Å². The fourth-order valence-electron chi connectivity index (χ4n) is 3.29. The summed E-state index contributed by atoms with van der Waals surface area (Å²) < 4.78 is 5.36. The van der Waals surface area contributed by atoms with E-state index >= 15 is 0 Å². The van der Waals surface area contributed by atoms with Crippen molar-refractivity contribution >= 4 is 23.5 Å². The third-order valence-electron chi connectivity index (χ3n) is 5.09. The summed E-state index contributed by atoms with van der Waals surface area (Å²) in [4.78, 5) is 35.1. The Hall–Kier alpha value is -4.84. The van der Waals surface area contributed by atoms with Crippen molar-refractivity contribution in [1.29, 1.82) is 0 Å². The molecule has 0 aliphatic rings. The molecule has 0 fully saturated rings. The van der Waals surface area contributed by atoms with Gasteiger partial charge in [0.1, 0.15) is 5.75 Å². The van der Waals surface area contributed by atoms with Crippen LogP contribution in [0.3, 0.4) is 0 Å². The first kappa shape index (κ1) is 22.4. The van der Waals surface area contributed by atoms with Crippen LogP contribution in [0.1, 0.15) is 26.3 Å². The normalized spacial score (nSPS) is 10.7. The van der Waals surface area contributed by atoms with E-state index < -0.39 is 10.9 Å². The van der Waals surface area contributed by atoms with Gasteiger partial charge < -0.3 is 4.74 Å². The lowest BCUT2D eigenvalue weighted by atomic mass is 10.0. The van der Waals surface area contributed by atoms with E-state index in [4.69, 9.17) is 4.74 Å². The van der Waals surface area contributed by atoms with E-state index in [-0.39, 0.29) is 17.0 Å². The van der Waals surface area contributed by atoms with E-state index in [0.29, 0.717) is 16.9 Å². The summed E-state index contributed by atoms with van der Waals surface area (Å²) in [7, 11) is 0. The van der Waals surface area contributed by atoms with Gasteiger partial charge in [-0.05, 0) is 47.0 Å². The van der Waals surface area contributed by atoms with Gasteiger partial charge in [0, 0.05) is 17.7 Å². The van der Waals surface area contributed by atoms with Crippen molar-refractivity contribution in [2.75, 3.05) is 0 Å². The average Bonchev–Trinajstić information content (AvgIpc) is 2.88. The number of hydrogen-bond donors (Lipinski definition) is 0. The number of ketones is 1. The first-order valence-electron chi connectivity index (χ1n) is 10.4. The summed E-state index contributed by atoms with van der Waals surface area (Å²) in [6.07, 6.45) is 3.12. The number of carbonyl (C=O) groups excluding carboxylic acids is 2. The van der Waals surface area contributed by atoms with Gasteiger partial charge in [0.25, 0.3) is 5.69 Å². The Balaban J connectivity index is 1.41. The Labute approximate surface area is 195 Å². The van der Waals surface area contributed by atoms with Crippen LogP contribution >= 0.6 is 0 Å². The Bertz CT molecular complexity index is 1360. The van der Waals surface area contributed by atoms with Gasteiger partial charge in [-0.2, -0.15) is 0 Å². The molecular weight excluding hydrogens is 430 g/mol. The molecule has 0 atom stereocenters. The molecule has 0 heterocycles. The Morgan fingerprint density at radius 1 is 0.735 bits per heavy atom. The van der Waals surface area contributed by atoms with Gasteiger partial charge in [0.15, 0.2) is 5.78 Å². The second-order valence-electron chi connectivity index (χ2n) is 7.41. The van der Waals surface area contributed by atoms with Crippen molar-refractivity contribution in [2.24, 2.45) is 0 Å². The number of allylic oxidation sites excluding steroid dienone is 1. The smallest absolute Gasteiger partial charge is 0.343 e. The zero-order valence-electron chi connectivity index (χ0n) is 18.0. The molecule has 4 aromatic rings. The molecule has 0 aliphatic carbocycles. The third kappa shape index (κ3) is 5.49. The highest BCUT2D eigenvalue weighted by Crippen LogP contribution is 2.21. The number of nitrogens with zero attached hydrogens (tertiary/aromatic N) is 1. The lowest BCUT2D eigenvalue weighted by Gasteiger charge is -2.05. The summed E-state index contributed by atoms with van der Waals surface area (Å²) in [5.41, 5.74) is 3.45. The molecule has 0 saturated carbocycles. The number of hydrogen-bond acceptors (Lipinski definition) is 5. The number of carbonyl (C=O) groups is 2. The van der Waals surface area contributed by atoms with Crippen molar-refractivity contribution in [3.63, 3.8) is 0 Å². The van der Waals surface area contributed by atoms with Crippen LogP contribution in [0.15, 0.2) is 109 Å². The number of non-ortho nitro benzene ring substituents is 1. The molecule has 6 heteroatoms. The fourth-order valence-corrected chi connectivity index (χ4v) is 3.29. The van der Waals surface area contributed by atoms with Crippen LogP contribution in [0.2, 0.25) is 0 Å². The number of benzene rings is 4. The second kappa shape index (κ2) is 10.2. The topological polar surface area (TPSA) is 86.5 Å². The number of esters is 1. The van der Waals surface area contributed by atoms with Crippen molar-refractivity contribution < 1.29 is 19.2 Å². The van der Waals surface area contributed by atoms with Crippen LogP contribution in [-0.2, 0) is 0 Å². The number of nitro groups is 1. The fraction of sp³-hybridized carbons (Fsp3) is 0. The van der Waals surface area contributed by atoms with Crippen molar-refractivity contribution in [3.05, 3.63) is 136 Å². The molecule has 0 amide bonds. The zero-order chi connectivity index (χ0) is 23.9.